The van der Waals surface area contributed by atoms with Gasteiger partial charge < -0.3 is 14.6 Å². The molecule has 0 amide bonds. The number of phenols is 1. The molecule has 2 aliphatic rings. The predicted molar refractivity (Wildman–Crippen MR) is 73.3 cm³/mol. The van der Waals surface area contributed by atoms with Crippen molar-refractivity contribution < 1.29 is 14.6 Å². The van der Waals surface area contributed by atoms with Crippen LogP contribution in [-0.4, -0.2) is 37.8 Å². The van der Waals surface area contributed by atoms with E-state index in [0.29, 0.717) is 11.8 Å². The molecule has 0 radical (unpaired) electrons. The molecule has 4 nitrogen and oxygen atoms in total. The van der Waals surface area contributed by atoms with Gasteiger partial charge in [-0.3, -0.25) is 4.90 Å². The average molecular weight is 261 g/mol. The number of ether oxygens (including phenoxy) is 2. The van der Waals surface area contributed by atoms with Crippen molar-refractivity contribution in [2.75, 3.05) is 27.8 Å². The van der Waals surface area contributed by atoms with Crippen LogP contribution in [0.1, 0.15) is 29.2 Å². The number of rotatable bonds is 2. The van der Waals surface area contributed by atoms with Crippen LogP contribution in [0.5, 0.6) is 11.5 Å². The molecule has 0 saturated heterocycles. The summed E-state index contributed by atoms with van der Waals surface area (Å²) in [7, 11) is 5.37. The second kappa shape index (κ2) is 4.46. The average Bonchev–Trinajstić information content (AvgIpc) is 2.78. The van der Waals surface area contributed by atoms with Crippen molar-refractivity contribution >= 4 is 5.57 Å². The number of likely N-dealkylation sites (N-methyl/N-ethyl adjacent to an activating group) is 1. The van der Waals surface area contributed by atoms with E-state index < -0.39 is 0 Å². The highest BCUT2D eigenvalue weighted by Gasteiger charge is 2.37. The number of hydrogen-bond acceptors (Lipinski definition) is 4. The molecule has 1 aliphatic carbocycles. The minimum atomic E-state index is 0.238. The van der Waals surface area contributed by atoms with Crippen LogP contribution in [0.15, 0.2) is 12.3 Å². The fourth-order valence-electron chi connectivity index (χ4n) is 3.27. The van der Waals surface area contributed by atoms with E-state index in [1.54, 1.807) is 20.5 Å². The molecule has 0 spiro atoms. The van der Waals surface area contributed by atoms with E-state index >= 15 is 0 Å². The Bertz CT molecular complexity index is 551. The summed E-state index contributed by atoms with van der Waals surface area (Å²) in [6, 6.07) is 2.32. The fourth-order valence-corrected chi connectivity index (χ4v) is 3.27. The van der Waals surface area contributed by atoms with E-state index in [9.17, 15) is 5.11 Å². The minimum absolute atomic E-state index is 0.238. The lowest BCUT2D eigenvalue weighted by atomic mass is 9.92. The van der Waals surface area contributed by atoms with Crippen molar-refractivity contribution in [3.63, 3.8) is 0 Å². The summed E-state index contributed by atoms with van der Waals surface area (Å²) >= 11 is 0. The standard InChI is InChI=1S/C15H19NO3/c1-16-5-4-9-7-12(19-3)15(17)14-10(8-18-2)6-11(16)13(9)14/h7-8,11,17H,4-6H2,1-3H3/b10-8-. The Morgan fingerprint density at radius 1 is 1.42 bits per heavy atom. The third-order valence-corrected chi connectivity index (χ3v) is 4.20. The van der Waals surface area contributed by atoms with Crippen molar-refractivity contribution in [2.24, 2.45) is 0 Å². The van der Waals surface area contributed by atoms with Crippen LogP contribution in [0.2, 0.25) is 0 Å². The molecule has 19 heavy (non-hydrogen) atoms. The zero-order chi connectivity index (χ0) is 13.6. The maximum Gasteiger partial charge on any atom is 0.165 e. The zero-order valence-corrected chi connectivity index (χ0v) is 11.6. The van der Waals surface area contributed by atoms with Crippen LogP contribution in [0, 0.1) is 0 Å². The van der Waals surface area contributed by atoms with Crippen molar-refractivity contribution in [2.45, 2.75) is 18.9 Å². The highest BCUT2D eigenvalue weighted by molar-refractivity contribution is 5.81. The molecule has 1 aromatic rings. The largest absolute Gasteiger partial charge is 0.504 e. The monoisotopic (exact) mass is 261 g/mol. The lowest BCUT2D eigenvalue weighted by Crippen LogP contribution is -2.30. The van der Waals surface area contributed by atoms with Crippen molar-refractivity contribution in [1.82, 2.24) is 4.90 Å². The van der Waals surface area contributed by atoms with Crippen molar-refractivity contribution in [3.05, 3.63) is 29.0 Å². The molecule has 3 rings (SSSR count). The molecule has 0 fully saturated rings. The molecule has 1 atom stereocenters. The molecule has 0 saturated carbocycles. The predicted octanol–water partition coefficient (Wildman–Crippen LogP) is 2.32. The number of aromatic hydroxyl groups is 1. The van der Waals surface area contributed by atoms with Gasteiger partial charge in [0, 0.05) is 18.2 Å². The third-order valence-electron chi connectivity index (χ3n) is 4.20. The summed E-state index contributed by atoms with van der Waals surface area (Å²) in [6.07, 6.45) is 3.61. The molecule has 1 unspecified atom stereocenters. The van der Waals surface area contributed by atoms with Crippen molar-refractivity contribution in [1.29, 1.82) is 0 Å². The molecular formula is C15H19NO3. The Balaban J connectivity index is 2.25. The minimum Gasteiger partial charge on any atom is -0.504 e. The van der Waals surface area contributed by atoms with E-state index in [0.717, 1.165) is 30.5 Å². The van der Waals surface area contributed by atoms with Gasteiger partial charge in [0.1, 0.15) is 0 Å². The van der Waals surface area contributed by atoms with Crippen molar-refractivity contribution in [3.8, 4) is 11.5 Å². The third kappa shape index (κ3) is 1.70. The van der Waals surface area contributed by atoms with E-state index in [-0.39, 0.29) is 5.75 Å². The fraction of sp³-hybridized carbons (Fsp3) is 0.467. The SMILES string of the molecule is CO/C=C1/CC2c3c(cc(OC)c(O)c31)CCN2C. The maximum atomic E-state index is 10.4. The number of benzene rings is 1. The molecule has 102 valence electrons. The first-order chi connectivity index (χ1) is 9.17. The van der Waals surface area contributed by atoms with Gasteiger partial charge in [-0.15, -0.1) is 0 Å². The molecule has 1 N–H and O–H groups in total. The zero-order valence-electron chi connectivity index (χ0n) is 11.6. The molecule has 4 heteroatoms. The maximum absolute atomic E-state index is 10.4. The summed E-state index contributed by atoms with van der Waals surface area (Å²) in [4.78, 5) is 2.34. The Morgan fingerprint density at radius 2 is 2.21 bits per heavy atom. The Labute approximate surface area is 113 Å². The second-order valence-corrected chi connectivity index (χ2v) is 5.20. The van der Waals surface area contributed by atoms with E-state index in [4.69, 9.17) is 9.47 Å². The van der Waals surface area contributed by atoms with Gasteiger partial charge in [-0.1, -0.05) is 0 Å². The Hall–Kier alpha value is -1.68. The highest BCUT2D eigenvalue weighted by Crippen LogP contribution is 2.52. The van der Waals surface area contributed by atoms with Crippen LogP contribution in [-0.2, 0) is 11.2 Å². The molecule has 0 bridgehead atoms. The Kier molecular flexibility index (Phi) is 2.90. The van der Waals surface area contributed by atoms with Gasteiger partial charge in [-0.25, -0.2) is 0 Å². The first kappa shape index (κ1) is 12.4. The van der Waals surface area contributed by atoms with E-state index in [2.05, 4.69) is 11.9 Å². The first-order valence-electron chi connectivity index (χ1n) is 6.52. The lowest BCUT2D eigenvalue weighted by Gasteiger charge is -2.31. The van der Waals surface area contributed by atoms with Gasteiger partial charge in [-0.05, 0) is 42.7 Å². The van der Waals surface area contributed by atoms with Gasteiger partial charge >= 0.3 is 0 Å². The van der Waals surface area contributed by atoms with Crippen LogP contribution in [0.4, 0.5) is 0 Å². The van der Waals surface area contributed by atoms with Crippen LogP contribution >= 0.6 is 0 Å². The quantitative estimate of drug-likeness (QED) is 0.830. The van der Waals surface area contributed by atoms with Crippen LogP contribution in [0.3, 0.4) is 0 Å². The number of methoxy groups -OCH3 is 2. The summed E-state index contributed by atoms with van der Waals surface area (Å²) in [5, 5.41) is 10.4. The molecule has 1 aromatic carbocycles. The van der Waals surface area contributed by atoms with Gasteiger partial charge in [0.05, 0.1) is 20.5 Å². The number of nitrogens with zero attached hydrogens (tertiary/aromatic N) is 1. The van der Waals surface area contributed by atoms with Crippen LogP contribution in [0.25, 0.3) is 5.57 Å². The van der Waals surface area contributed by atoms with Gasteiger partial charge in [0.2, 0.25) is 0 Å². The summed E-state index contributed by atoms with van der Waals surface area (Å²) in [5.41, 5.74) is 4.49. The molecule has 0 aromatic heterocycles. The molecule has 1 aliphatic heterocycles. The number of phenolic OH excluding ortho intramolecular Hbond substituents is 1. The summed E-state index contributed by atoms with van der Waals surface area (Å²) < 4.78 is 10.5. The lowest BCUT2D eigenvalue weighted by molar-refractivity contribution is 0.239. The van der Waals surface area contributed by atoms with Gasteiger partial charge in [0.25, 0.3) is 0 Å². The number of hydrogen-bond donors (Lipinski definition) is 1. The van der Waals surface area contributed by atoms with Crippen LogP contribution < -0.4 is 4.74 Å². The topological polar surface area (TPSA) is 41.9 Å². The summed E-state index contributed by atoms with van der Waals surface area (Å²) in [5.74, 6) is 0.795. The smallest absolute Gasteiger partial charge is 0.165 e. The molecular weight excluding hydrogens is 242 g/mol. The van der Waals surface area contributed by atoms with Gasteiger partial charge in [-0.2, -0.15) is 0 Å². The molecule has 1 heterocycles. The van der Waals surface area contributed by atoms with E-state index in [1.807, 2.05) is 6.07 Å². The Morgan fingerprint density at radius 3 is 2.89 bits per heavy atom. The van der Waals surface area contributed by atoms with Gasteiger partial charge in [0.15, 0.2) is 11.5 Å². The normalized spacial score (nSPS) is 23.5. The highest BCUT2D eigenvalue weighted by atomic mass is 16.5. The van der Waals surface area contributed by atoms with E-state index in [1.165, 1.54) is 11.1 Å². The second-order valence-electron chi connectivity index (χ2n) is 5.20. The summed E-state index contributed by atoms with van der Waals surface area (Å²) in [6.45, 7) is 1.03. The first-order valence-corrected chi connectivity index (χ1v) is 6.52.